The van der Waals surface area contributed by atoms with Gasteiger partial charge in [-0.05, 0) is 56.6 Å². The lowest BCUT2D eigenvalue weighted by Crippen LogP contribution is -2.19. The minimum absolute atomic E-state index is 0.288. The third kappa shape index (κ3) is 4.48. The van der Waals surface area contributed by atoms with Gasteiger partial charge in [0.1, 0.15) is 11.5 Å². The maximum atomic E-state index is 6.34. The molecule has 1 unspecified atom stereocenters. The van der Waals surface area contributed by atoms with E-state index in [2.05, 4.69) is 32.2 Å². The molecule has 2 rings (SSSR count). The summed E-state index contributed by atoms with van der Waals surface area (Å²) in [6, 6.07) is 14.2. The summed E-state index contributed by atoms with van der Waals surface area (Å²) >= 11 is 6.34. The molecule has 1 N–H and O–H groups in total. The van der Waals surface area contributed by atoms with E-state index in [0.717, 1.165) is 18.7 Å². The molecule has 21 heavy (non-hydrogen) atoms. The monoisotopic (exact) mass is 303 g/mol. The predicted molar refractivity (Wildman–Crippen MR) is 89.4 cm³/mol. The van der Waals surface area contributed by atoms with Crippen LogP contribution in [0.4, 0.5) is 0 Å². The SMILES string of the molecule is CCCNC(C)c1ccc(Oc2ccc(C)cc2)c(Cl)c1. The van der Waals surface area contributed by atoms with Gasteiger partial charge in [-0.2, -0.15) is 0 Å². The number of benzene rings is 2. The molecular weight excluding hydrogens is 282 g/mol. The molecule has 0 fully saturated rings. The van der Waals surface area contributed by atoms with E-state index in [9.17, 15) is 0 Å². The maximum absolute atomic E-state index is 6.34. The quantitative estimate of drug-likeness (QED) is 0.760. The summed E-state index contributed by atoms with van der Waals surface area (Å²) in [5.41, 5.74) is 2.38. The summed E-state index contributed by atoms with van der Waals surface area (Å²) < 4.78 is 5.83. The highest BCUT2D eigenvalue weighted by molar-refractivity contribution is 6.32. The molecule has 0 saturated heterocycles. The first-order valence-electron chi connectivity index (χ1n) is 7.37. The fraction of sp³-hybridized carbons (Fsp3) is 0.333. The van der Waals surface area contributed by atoms with Crippen LogP contribution < -0.4 is 10.1 Å². The van der Waals surface area contributed by atoms with Gasteiger partial charge in [-0.1, -0.05) is 42.3 Å². The standard InChI is InChI=1S/C18H22ClNO/c1-4-11-20-14(3)15-7-10-18(17(19)12-15)21-16-8-5-13(2)6-9-16/h5-10,12,14,20H,4,11H2,1-3H3. The molecule has 0 amide bonds. The summed E-state index contributed by atoms with van der Waals surface area (Å²) in [6.07, 6.45) is 1.12. The summed E-state index contributed by atoms with van der Waals surface area (Å²) in [5, 5.41) is 4.09. The number of ether oxygens (including phenoxy) is 1. The van der Waals surface area contributed by atoms with Gasteiger partial charge in [-0.3, -0.25) is 0 Å². The zero-order valence-corrected chi connectivity index (χ0v) is 13.6. The van der Waals surface area contributed by atoms with E-state index in [1.807, 2.05) is 36.4 Å². The van der Waals surface area contributed by atoms with E-state index in [1.165, 1.54) is 11.1 Å². The molecule has 112 valence electrons. The minimum atomic E-state index is 0.288. The molecular formula is C18H22ClNO. The molecule has 3 heteroatoms. The number of hydrogen-bond donors (Lipinski definition) is 1. The van der Waals surface area contributed by atoms with Crippen LogP contribution in [-0.4, -0.2) is 6.54 Å². The van der Waals surface area contributed by atoms with Crippen molar-refractivity contribution in [3.8, 4) is 11.5 Å². The Hall–Kier alpha value is -1.51. The van der Waals surface area contributed by atoms with Crippen LogP contribution in [0.3, 0.4) is 0 Å². The van der Waals surface area contributed by atoms with Gasteiger partial charge in [0.15, 0.2) is 0 Å². The second-order valence-electron chi connectivity index (χ2n) is 5.28. The topological polar surface area (TPSA) is 21.3 Å². The van der Waals surface area contributed by atoms with Gasteiger partial charge in [0, 0.05) is 6.04 Å². The van der Waals surface area contributed by atoms with Crippen LogP contribution in [0.5, 0.6) is 11.5 Å². The van der Waals surface area contributed by atoms with Gasteiger partial charge in [0.2, 0.25) is 0 Å². The van der Waals surface area contributed by atoms with E-state index in [1.54, 1.807) is 0 Å². The summed E-state index contributed by atoms with van der Waals surface area (Å²) in [6.45, 7) is 7.35. The average Bonchev–Trinajstić information content (AvgIpc) is 2.49. The van der Waals surface area contributed by atoms with Crippen LogP contribution in [0.25, 0.3) is 0 Å². The van der Waals surface area contributed by atoms with Crippen molar-refractivity contribution >= 4 is 11.6 Å². The third-order valence-electron chi connectivity index (χ3n) is 3.41. The van der Waals surface area contributed by atoms with Crippen molar-refractivity contribution in [2.45, 2.75) is 33.2 Å². The number of hydrogen-bond acceptors (Lipinski definition) is 2. The highest BCUT2D eigenvalue weighted by atomic mass is 35.5. The Morgan fingerprint density at radius 2 is 1.86 bits per heavy atom. The van der Waals surface area contributed by atoms with Crippen LogP contribution in [-0.2, 0) is 0 Å². The molecule has 0 spiro atoms. The van der Waals surface area contributed by atoms with Gasteiger partial charge in [0.25, 0.3) is 0 Å². The van der Waals surface area contributed by atoms with Crippen LogP contribution in [0.1, 0.15) is 37.4 Å². The van der Waals surface area contributed by atoms with Gasteiger partial charge < -0.3 is 10.1 Å². The number of halogens is 1. The maximum Gasteiger partial charge on any atom is 0.146 e. The fourth-order valence-corrected chi connectivity index (χ4v) is 2.31. The Balaban J connectivity index is 2.10. The molecule has 0 bridgehead atoms. The van der Waals surface area contributed by atoms with E-state index in [4.69, 9.17) is 16.3 Å². The summed E-state index contributed by atoms with van der Waals surface area (Å²) in [4.78, 5) is 0. The molecule has 0 heterocycles. The molecule has 2 nitrogen and oxygen atoms in total. The molecule has 2 aromatic carbocycles. The smallest absolute Gasteiger partial charge is 0.146 e. The fourth-order valence-electron chi connectivity index (χ4n) is 2.08. The average molecular weight is 304 g/mol. The van der Waals surface area contributed by atoms with Gasteiger partial charge in [-0.15, -0.1) is 0 Å². The van der Waals surface area contributed by atoms with Crippen LogP contribution in [0.2, 0.25) is 5.02 Å². The van der Waals surface area contributed by atoms with Crippen molar-refractivity contribution in [1.29, 1.82) is 0 Å². The first kappa shape index (κ1) is 15.9. The molecule has 0 aromatic heterocycles. The zero-order valence-electron chi connectivity index (χ0n) is 12.8. The predicted octanol–water partition coefficient (Wildman–Crippen LogP) is 5.50. The molecule has 0 radical (unpaired) electrons. The molecule has 0 aliphatic carbocycles. The van der Waals surface area contributed by atoms with Crippen molar-refractivity contribution in [2.24, 2.45) is 0 Å². The van der Waals surface area contributed by atoms with Crippen molar-refractivity contribution in [2.75, 3.05) is 6.54 Å². The Kier molecular flexibility index (Phi) is 5.66. The highest BCUT2D eigenvalue weighted by Crippen LogP contribution is 2.31. The minimum Gasteiger partial charge on any atom is -0.456 e. The Morgan fingerprint density at radius 3 is 2.48 bits per heavy atom. The van der Waals surface area contributed by atoms with Gasteiger partial charge in [0.05, 0.1) is 5.02 Å². The van der Waals surface area contributed by atoms with Crippen molar-refractivity contribution < 1.29 is 4.74 Å². The van der Waals surface area contributed by atoms with E-state index in [0.29, 0.717) is 10.8 Å². The van der Waals surface area contributed by atoms with Crippen LogP contribution >= 0.6 is 11.6 Å². The second-order valence-corrected chi connectivity index (χ2v) is 5.69. The lowest BCUT2D eigenvalue weighted by atomic mass is 10.1. The lowest BCUT2D eigenvalue weighted by molar-refractivity contribution is 0.482. The van der Waals surface area contributed by atoms with Crippen LogP contribution in [0, 0.1) is 6.92 Å². The summed E-state index contributed by atoms with van der Waals surface area (Å²) in [5.74, 6) is 1.49. The number of aryl methyl sites for hydroxylation is 1. The van der Waals surface area contributed by atoms with E-state index in [-0.39, 0.29) is 6.04 Å². The largest absolute Gasteiger partial charge is 0.456 e. The normalized spacial score (nSPS) is 12.2. The van der Waals surface area contributed by atoms with E-state index >= 15 is 0 Å². The van der Waals surface area contributed by atoms with Crippen LogP contribution in [0.15, 0.2) is 42.5 Å². The first-order valence-corrected chi connectivity index (χ1v) is 7.75. The van der Waals surface area contributed by atoms with Gasteiger partial charge in [-0.25, -0.2) is 0 Å². The van der Waals surface area contributed by atoms with E-state index < -0.39 is 0 Å². The number of rotatable bonds is 6. The number of nitrogens with one attached hydrogen (secondary N) is 1. The lowest BCUT2D eigenvalue weighted by Gasteiger charge is -2.15. The Morgan fingerprint density at radius 1 is 1.14 bits per heavy atom. The molecule has 0 aliphatic heterocycles. The van der Waals surface area contributed by atoms with Crippen molar-refractivity contribution in [3.05, 3.63) is 58.6 Å². The van der Waals surface area contributed by atoms with Gasteiger partial charge >= 0.3 is 0 Å². The molecule has 0 aliphatic rings. The third-order valence-corrected chi connectivity index (χ3v) is 3.70. The first-order chi connectivity index (χ1) is 10.1. The Labute approximate surface area is 132 Å². The second kappa shape index (κ2) is 7.48. The molecule has 0 saturated carbocycles. The molecule has 2 aromatic rings. The Bertz CT molecular complexity index is 580. The van der Waals surface area contributed by atoms with Crippen molar-refractivity contribution in [3.63, 3.8) is 0 Å². The molecule has 1 atom stereocenters. The summed E-state index contributed by atoms with van der Waals surface area (Å²) in [7, 11) is 0. The zero-order chi connectivity index (χ0) is 15.2. The van der Waals surface area contributed by atoms with Crippen molar-refractivity contribution in [1.82, 2.24) is 5.32 Å². The highest BCUT2D eigenvalue weighted by Gasteiger charge is 2.09.